The quantitative estimate of drug-likeness (QED) is 0.0188. The normalized spacial score (nSPS) is 28.9. The molecule has 16 heterocycles. The van der Waals surface area contributed by atoms with Gasteiger partial charge in [0, 0.05) is 56.5 Å². The fraction of sp³-hybridized carbons (Fsp3) is 0.525. The summed E-state index contributed by atoms with van der Waals surface area (Å²) in [7, 11) is 0. The molecule has 0 amide bonds. The van der Waals surface area contributed by atoms with Crippen molar-refractivity contribution in [1.82, 2.24) is 97.2 Å². The van der Waals surface area contributed by atoms with Crippen LogP contribution < -0.4 is 62.3 Å². The highest BCUT2D eigenvalue weighted by molar-refractivity contribution is 8.08. The van der Waals surface area contributed by atoms with Gasteiger partial charge in [0.25, 0.3) is 22.2 Å². The summed E-state index contributed by atoms with van der Waals surface area (Å²) in [5.74, 6) is -0.952. The minimum Gasteiger partial charge on any atom is -0.390 e. The molecule has 22 N–H and O–H groups in total. The molecule has 6 aliphatic rings. The molecule has 0 aliphatic carbocycles. The molecule has 127 heavy (non-hydrogen) atoms. The van der Waals surface area contributed by atoms with Crippen molar-refractivity contribution in [2.75, 3.05) is 68.3 Å². The van der Waals surface area contributed by atoms with Gasteiger partial charge in [-0.25, -0.2) is 39.5 Å². The van der Waals surface area contributed by atoms with E-state index in [2.05, 4.69) is 81.6 Å². The molecule has 6 aliphatic heterocycles. The van der Waals surface area contributed by atoms with E-state index in [4.69, 9.17) is 166 Å². The van der Waals surface area contributed by atoms with E-state index in [-0.39, 0.29) is 118 Å². The first-order chi connectivity index (χ1) is 59.9. The zero-order chi connectivity index (χ0) is 90.5. The second-order valence-corrected chi connectivity index (χ2v) is 45.6. The number of nitrogen functional groups attached to an aromatic ring is 5. The maximum atomic E-state index is 13.3. The smallest absolute Gasteiger partial charge is 0.351 e. The number of aliphatic hydroxyl groups excluding tert-OH is 1. The van der Waals surface area contributed by atoms with Crippen LogP contribution in [-0.4, -0.2) is 249 Å². The number of nitrogens with zero attached hydrogens (tertiary/aromatic N) is 16. The highest BCUT2D eigenvalue weighted by Gasteiger charge is 2.50. The number of imidazole rings is 4. The number of rotatable bonds is 34. The van der Waals surface area contributed by atoms with E-state index in [0.29, 0.717) is 0 Å². The molecule has 0 spiro atoms. The van der Waals surface area contributed by atoms with Crippen molar-refractivity contribution in [1.29, 1.82) is 0 Å². The lowest BCUT2D eigenvalue weighted by molar-refractivity contribution is -0.0566. The number of fused-ring (bicyclic) bond motifs is 4. The van der Waals surface area contributed by atoms with E-state index in [9.17, 15) is 68.1 Å². The number of H-pyrrole nitrogens is 4. The molecule has 0 radical (unpaired) electrons. The minimum atomic E-state index is -4.68. The largest absolute Gasteiger partial charge is 0.390 e. The topological polar surface area (TPSA) is 773 Å². The Morgan fingerprint density at radius 1 is 0.402 bits per heavy atom. The highest BCUT2D eigenvalue weighted by atomic mass is 32.5. The van der Waals surface area contributed by atoms with Crippen LogP contribution in [0.1, 0.15) is 81.5 Å². The fourth-order valence-electron chi connectivity index (χ4n) is 14.7. The number of aryl methyl sites for hydroxylation is 1. The molecule has 688 valence electrons. The van der Waals surface area contributed by atoms with Crippen molar-refractivity contribution in [3.05, 3.63) is 118 Å². The van der Waals surface area contributed by atoms with Crippen LogP contribution in [0.25, 0.3) is 44.7 Å². The van der Waals surface area contributed by atoms with Crippen molar-refractivity contribution in [3.8, 4) is 0 Å². The van der Waals surface area contributed by atoms with Crippen LogP contribution in [0.15, 0.2) is 78.9 Å². The number of aromatic nitrogens is 20. The van der Waals surface area contributed by atoms with E-state index >= 15 is 0 Å². The van der Waals surface area contributed by atoms with Crippen LogP contribution >= 0.6 is 40.3 Å². The summed E-state index contributed by atoms with van der Waals surface area (Å²) in [4.78, 5) is 208. The summed E-state index contributed by atoms with van der Waals surface area (Å²) >= 11 is 32.6. The van der Waals surface area contributed by atoms with Gasteiger partial charge in [-0.3, -0.25) is 66.5 Å². The monoisotopic (exact) mass is 2010 g/mol. The second-order valence-electron chi connectivity index (χ2n) is 29.0. The molecular formula is C59H75N25O31P6S6. The SMILES string of the molecule is Cc1cn(C2CC(OP(O)(=S)OCC3OC(n4cnc5c(=O)[nH]c(N)nc54)CC3OP(O)(=S)OCC3OC(n4cnc5c(N)ncnc54)CC3OP(O)(=S)OCC3OC(n4cnc5c(=O)[nH]c(N)nc54)CC3OP(O)(=S)OCC3OC(n4ccc(N)nc4=O)CC3OP(O)(=S)OCC3OC(n4cnc5c(=O)[nH]c(N)nc54)CC3O)C(COP(O)(O)=S)O2)c(=O)[nH]c1=O. The van der Waals surface area contributed by atoms with Crippen LogP contribution in [-0.2, 0) is 149 Å². The van der Waals surface area contributed by atoms with Gasteiger partial charge < -0.3 is 146 Å². The van der Waals surface area contributed by atoms with Crippen LogP contribution in [0.5, 0.6) is 0 Å². The van der Waals surface area contributed by atoms with Crippen molar-refractivity contribution < 1.29 is 118 Å². The molecule has 16 rings (SSSR count). The first-order valence-electron chi connectivity index (χ1n) is 37.3. The number of nitrogens with one attached hydrogen (secondary N) is 4. The third-order valence-corrected chi connectivity index (χ3v) is 29.2. The Hall–Kier alpha value is -6.94. The summed E-state index contributed by atoms with van der Waals surface area (Å²) in [6.07, 6.45) is -16.0. The molecule has 6 fully saturated rings. The maximum Gasteiger partial charge on any atom is 0.351 e. The number of aromatic amines is 4. The Kier molecular flexibility index (Phi) is 27.1. The molecular weight excluding hydrogens is 1930 g/mol. The zero-order valence-corrected chi connectivity index (χ0v) is 74.9. The third-order valence-electron chi connectivity index (χ3n) is 20.5. The molecule has 6 saturated heterocycles. The summed E-state index contributed by atoms with van der Waals surface area (Å²) in [6.45, 7) is -30.1. The zero-order valence-electron chi connectivity index (χ0n) is 64.6. The average Bonchev–Trinajstić information content (AvgIpc) is 1.63. The van der Waals surface area contributed by atoms with Gasteiger partial charge in [0.1, 0.15) is 91.7 Å². The molecule has 10 aromatic rings. The molecule has 0 saturated carbocycles. The van der Waals surface area contributed by atoms with Crippen LogP contribution in [0.3, 0.4) is 0 Å². The summed E-state index contributed by atoms with van der Waals surface area (Å²) in [5, 5.41) is 11.1. The lowest BCUT2D eigenvalue weighted by Gasteiger charge is -2.28. The molecule has 23 atom stereocenters. The van der Waals surface area contributed by atoms with E-state index in [1.165, 1.54) is 75.3 Å². The number of hydrogen-bond donors (Lipinski definition) is 17. The first-order valence-corrected chi connectivity index (χ1v) is 52.9. The maximum absolute atomic E-state index is 13.3. The predicted octanol–water partition coefficient (Wildman–Crippen LogP) is -2.34. The number of anilines is 5. The Labute approximate surface area is 738 Å². The number of ether oxygens (including phenoxy) is 6. The minimum absolute atomic E-state index is 0.00885. The van der Waals surface area contributed by atoms with Gasteiger partial charge >= 0.3 is 51.7 Å². The summed E-state index contributed by atoms with van der Waals surface area (Å²) in [6, 6.07) is 1.31. The Bertz CT molecular complexity index is 6580. The number of hydrogen-bond acceptors (Lipinski definition) is 45. The van der Waals surface area contributed by atoms with Gasteiger partial charge in [0.05, 0.1) is 102 Å². The summed E-state index contributed by atoms with van der Waals surface area (Å²) < 4.78 is 111. The van der Waals surface area contributed by atoms with Crippen LogP contribution in [0.4, 0.5) is 29.5 Å². The third kappa shape index (κ3) is 21.3. The van der Waals surface area contributed by atoms with E-state index in [1.807, 2.05) is 0 Å². The second kappa shape index (κ2) is 36.9. The molecule has 0 bridgehead atoms. The molecule has 23 unspecified atom stereocenters. The summed E-state index contributed by atoms with van der Waals surface area (Å²) in [5.41, 5.74) is 25.2. The van der Waals surface area contributed by atoms with Gasteiger partial charge in [-0.05, 0) is 83.8 Å². The van der Waals surface area contributed by atoms with Gasteiger partial charge in [0.2, 0.25) is 17.8 Å². The molecule has 0 aromatic carbocycles. The average molecular weight is 2010 g/mol. The lowest BCUT2D eigenvalue weighted by Crippen LogP contribution is -2.33. The van der Waals surface area contributed by atoms with Crippen LogP contribution in [0, 0.1) is 6.92 Å². The Morgan fingerprint density at radius 2 is 0.724 bits per heavy atom. The van der Waals surface area contributed by atoms with Gasteiger partial charge in [0.15, 0.2) is 45.0 Å². The highest BCUT2D eigenvalue weighted by Crippen LogP contribution is 2.57. The lowest BCUT2D eigenvalue weighted by atomic mass is 10.2. The fourth-order valence-corrected chi connectivity index (χ4v) is 22.6. The van der Waals surface area contributed by atoms with Crippen molar-refractivity contribution in [3.63, 3.8) is 0 Å². The number of aliphatic hydroxyl groups is 1. The van der Waals surface area contributed by atoms with Crippen LogP contribution in [0.2, 0.25) is 0 Å². The van der Waals surface area contributed by atoms with E-state index in [1.54, 1.807) is 0 Å². The van der Waals surface area contributed by atoms with Gasteiger partial charge in [-0.2, -0.15) is 19.9 Å². The van der Waals surface area contributed by atoms with Gasteiger partial charge in [-0.1, -0.05) is 0 Å². The Balaban J connectivity index is 0.615. The predicted molar refractivity (Wildman–Crippen MR) is 455 cm³/mol. The van der Waals surface area contributed by atoms with Crippen molar-refractivity contribution in [2.45, 2.75) is 156 Å². The molecule has 68 heteroatoms. The van der Waals surface area contributed by atoms with E-state index < -0.39 is 224 Å². The van der Waals surface area contributed by atoms with E-state index in [0.717, 1.165) is 9.13 Å². The van der Waals surface area contributed by atoms with Crippen molar-refractivity contribution in [2.24, 2.45) is 0 Å². The van der Waals surface area contributed by atoms with Crippen molar-refractivity contribution >= 4 is 185 Å². The molecule has 56 nitrogen and oxygen atoms in total. The number of nitrogens with two attached hydrogens (primary N) is 5. The van der Waals surface area contributed by atoms with Gasteiger partial charge in [-0.15, -0.1) is 0 Å². The Morgan fingerprint density at radius 3 is 1.09 bits per heavy atom. The standard InChI is InChI=1S/C59H75N25O31P6S6/c1-22-10-80(59(91)78-51(22)86)38-6-25(30(107-38)12-99-116(92,93)122)112-118(95,124)103-15-33-28(9-41(109-33)84-21-70-45-50(84)74-57(64)77-54(45)89)115-121(98,127)102-14-32-26(7-39(108-32)81-18-67-42-46(61)65-17-66-47(42)81)113-120(97,126)104-16-34-27(8-40(110-34)83-20-69-44-49(83)73-56(63)76-53(44)88)114-119(96,125)101-13-31-24(5-37(106-31)79-3-2-35(60)71-58(79)90)111-117(94,123)100-11-29-23(85)4-36(105-29)82-19-68-43-48(82)72-55(62)75-52(43)87/h2-3,10,17-21,23-34,36-41,85H,4-9,11-16H2,1H3,(H,94,123)(H,95,124)(H,96,125)(H,97,126)(H,98,127)(H2,60,71,90)(H2,61,65,66)(H,78,86,91)(H2,92,93,122)(H3,62,72,75,87)(H3,63,73,76,88)(H3,64,74,77,89). The molecule has 10 aromatic heterocycles. The first kappa shape index (κ1) is 93.3.